The molecule has 0 bridgehead atoms. The zero-order valence-electron chi connectivity index (χ0n) is 18.2. The van der Waals surface area contributed by atoms with E-state index in [9.17, 15) is 9.90 Å². The van der Waals surface area contributed by atoms with E-state index in [1.165, 1.54) is 0 Å². The van der Waals surface area contributed by atoms with Crippen molar-refractivity contribution < 1.29 is 9.90 Å². The molecule has 1 amide bonds. The molecule has 0 radical (unpaired) electrons. The highest BCUT2D eigenvalue weighted by molar-refractivity contribution is 6.09. The van der Waals surface area contributed by atoms with Crippen LogP contribution < -0.4 is 10.9 Å². The molecule has 31 heavy (non-hydrogen) atoms. The molecular weight excluding hydrogens is 386 g/mol. The number of hydrogen-bond acceptors (Lipinski definition) is 3. The van der Waals surface area contributed by atoms with Gasteiger partial charge in [-0.1, -0.05) is 69.3 Å². The summed E-state index contributed by atoms with van der Waals surface area (Å²) in [6, 6.07) is 24.8. The zero-order chi connectivity index (χ0) is 22.2. The maximum atomic E-state index is 13.1. The van der Waals surface area contributed by atoms with Crippen molar-refractivity contribution in [3.63, 3.8) is 0 Å². The van der Waals surface area contributed by atoms with Crippen molar-refractivity contribution >= 4 is 22.5 Å². The van der Waals surface area contributed by atoms with E-state index < -0.39 is 0 Å². The molecule has 1 heterocycles. The summed E-state index contributed by atoms with van der Waals surface area (Å²) in [6.07, 6.45) is 0.691. The molecule has 160 valence electrons. The molecule has 3 aromatic carbocycles. The molecule has 4 rings (SSSR count). The van der Waals surface area contributed by atoms with Gasteiger partial charge in [0.1, 0.15) is 5.75 Å². The molecule has 0 saturated heterocycles. The van der Waals surface area contributed by atoms with Crippen LogP contribution in [0.4, 0.5) is 5.69 Å². The third-order valence-electron chi connectivity index (χ3n) is 4.99. The van der Waals surface area contributed by atoms with Crippen molar-refractivity contribution in [2.45, 2.75) is 33.7 Å². The van der Waals surface area contributed by atoms with Gasteiger partial charge < -0.3 is 9.67 Å². The highest BCUT2D eigenvalue weighted by Gasteiger charge is 2.22. The first-order chi connectivity index (χ1) is 15.2. The lowest BCUT2D eigenvalue weighted by molar-refractivity contribution is 0.0963. The molecule has 0 aliphatic heterocycles. The zero-order valence-corrected chi connectivity index (χ0v) is 18.2. The van der Waals surface area contributed by atoms with Gasteiger partial charge in [0.2, 0.25) is 0 Å². The van der Waals surface area contributed by atoms with Crippen LogP contribution in [0.25, 0.3) is 10.9 Å². The quantitative estimate of drug-likeness (QED) is 0.352. The number of phenolic OH excluding ortho intramolecular Hbond substituents is 1. The van der Waals surface area contributed by atoms with E-state index in [0.29, 0.717) is 18.5 Å². The van der Waals surface area contributed by atoms with Crippen molar-refractivity contribution in [1.82, 2.24) is 9.99 Å². The van der Waals surface area contributed by atoms with E-state index in [2.05, 4.69) is 27.6 Å². The lowest BCUT2D eigenvalue weighted by Gasteiger charge is -2.12. The number of benzene rings is 3. The van der Waals surface area contributed by atoms with Crippen molar-refractivity contribution in [1.29, 1.82) is 0 Å². The van der Waals surface area contributed by atoms with Crippen LogP contribution in [0.1, 0.15) is 42.4 Å². The van der Waals surface area contributed by atoms with Crippen LogP contribution in [0.15, 0.2) is 78.9 Å². The molecule has 3 N–H and O–H groups in total. The van der Waals surface area contributed by atoms with E-state index in [0.717, 1.165) is 27.8 Å². The van der Waals surface area contributed by atoms with Gasteiger partial charge in [-0.3, -0.25) is 15.6 Å². The Bertz CT molecular complexity index is 1140. The summed E-state index contributed by atoms with van der Waals surface area (Å²) < 4.78 is 2.15. The van der Waals surface area contributed by atoms with Crippen LogP contribution in [-0.4, -0.2) is 15.6 Å². The number of hydrazine groups is 1. The van der Waals surface area contributed by atoms with Crippen molar-refractivity contribution in [2.75, 3.05) is 5.43 Å². The summed E-state index contributed by atoms with van der Waals surface area (Å²) in [5.74, 6) is -0.0878. The first-order valence-electron chi connectivity index (χ1n) is 10.7. The molecule has 0 saturated carbocycles. The number of nitrogens with one attached hydrogen (secondary N) is 2. The smallest absolute Gasteiger partial charge is 0.272 e. The summed E-state index contributed by atoms with van der Waals surface area (Å²) in [7, 11) is 0. The Labute approximate surface area is 183 Å². The second kappa shape index (κ2) is 10.3. The fourth-order valence-corrected chi connectivity index (χ4v) is 3.68. The van der Waals surface area contributed by atoms with Crippen LogP contribution in [0, 0.1) is 0 Å². The number of aromatic nitrogens is 1. The maximum Gasteiger partial charge on any atom is 0.272 e. The summed E-state index contributed by atoms with van der Waals surface area (Å²) in [5.41, 5.74) is 10.1. The maximum absolute atomic E-state index is 13.1. The fraction of sp³-hybridized carbons (Fsp3) is 0.192. The number of rotatable bonds is 6. The molecule has 0 aliphatic carbocycles. The van der Waals surface area contributed by atoms with Crippen LogP contribution in [0.3, 0.4) is 0 Å². The van der Waals surface area contributed by atoms with E-state index in [1.54, 1.807) is 12.1 Å². The van der Waals surface area contributed by atoms with Crippen molar-refractivity contribution in [3.05, 3.63) is 95.7 Å². The van der Waals surface area contributed by atoms with Gasteiger partial charge in [0.15, 0.2) is 0 Å². The first-order valence-corrected chi connectivity index (χ1v) is 10.7. The highest BCUT2D eigenvalue weighted by atomic mass is 16.3. The van der Waals surface area contributed by atoms with Gasteiger partial charge in [-0.2, -0.15) is 0 Å². The average molecular weight is 416 g/mol. The van der Waals surface area contributed by atoms with E-state index in [4.69, 9.17) is 0 Å². The minimum absolute atomic E-state index is 0.141. The van der Waals surface area contributed by atoms with Gasteiger partial charge in [-0.15, -0.1) is 0 Å². The van der Waals surface area contributed by atoms with Crippen LogP contribution in [0.5, 0.6) is 5.75 Å². The highest BCUT2D eigenvalue weighted by Crippen LogP contribution is 2.30. The molecule has 0 aliphatic rings. The van der Waals surface area contributed by atoms with Crippen molar-refractivity contribution in [2.24, 2.45) is 0 Å². The number of para-hydroxylation sites is 1. The normalized spacial score (nSPS) is 10.3. The van der Waals surface area contributed by atoms with E-state index in [-0.39, 0.29) is 11.7 Å². The number of carbonyl (C=O) groups excluding carboxylic acids is 1. The third-order valence-corrected chi connectivity index (χ3v) is 4.99. The van der Waals surface area contributed by atoms with Crippen LogP contribution in [-0.2, 0) is 13.0 Å². The van der Waals surface area contributed by atoms with E-state index in [1.807, 2.05) is 75.4 Å². The Kier molecular flexibility index (Phi) is 7.33. The lowest BCUT2D eigenvalue weighted by atomic mass is 10.1. The van der Waals surface area contributed by atoms with Crippen LogP contribution in [0.2, 0.25) is 0 Å². The number of nitrogens with zero attached hydrogens (tertiary/aromatic N) is 1. The molecule has 5 heteroatoms. The van der Waals surface area contributed by atoms with Gasteiger partial charge in [0.25, 0.3) is 5.91 Å². The minimum atomic E-state index is -0.229. The number of anilines is 1. The first kappa shape index (κ1) is 22.0. The van der Waals surface area contributed by atoms with Gasteiger partial charge >= 0.3 is 0 Å². The minimum Gasteiger partial charge on any atom is -0.508 e. The van der Waals surface area contributed by atoms with Gasteiger partial charge in [-0.05, 0) is 42.3 Å². The second-order valence-electron chi connectivity index (χ2n) is 6.89. The van der Waals surface area contributed by atoms with E-state index >= 15 is 0 Å². The fourth-order valence-electron chi connectivity index (χ4n) is 3.68. The predicted molar refractivity (Wildman–Crippen MR) is 127 cm³/mol. The third kappa shape index (κ3) is 4.89. The Morgan fingerprint density at radius 1 is 0.935 bits per heavy atom. The molecular formula is C26H29N3O2. The Hall–Kier alpha value is -3.73. The summed E-state index contributed by atoms with van der Waals surface area (Å²) in [6.45, 7) is 6.70. The van der Waals surface area contributed by atoms with Gasteiger partial charge in [-0.25, -0.2) is 0 Å². The van der Waals surface area contributed by atoms with Crippen LogP contribution >= 0.6 is 0 Å². The Morgan fingerprint density at radius 2 is 1.58 bits per heavy atom. The standard InChI is InChI=1S/C24H23N3O2.C2H6/c1-2-21-23(24(29)26-25-18-11-7-4-8-12-18)20-15-19(28)13-14-22(20)27(21)16-17-9-5-3-6-10-17;1-2/h3-15,25,28H,2,16H2,1H3,(H,26,29);1-2H3. The predicted octanol–water partition coefficient (Wildman–Crippen LogP) is 5.74. The molecule has 4 aromatic rings. The number of fused-ring (bicyclic) bond motifs is 1. The Balaban J connectivity index is 0.00000132. The number of amides is 1. The summed E-state index contributed by atoms with van der Waals surface area (Å²) >= 11 is 0. The Morgan fingerprint density at radius 3 is 2.23 bits per heavy atom. The van der Waals surface area contributed by atoms with Gasteiger partial charge in [0, 0.05) is 23.1 Å². The largest absolute Gasteiger partial charge is 0.508 e. The SMILES string of the molecule is CC.CCc1c(C(=O)NNc2ccccc2)c2cc(O)ccc2n1Cc1ccccc1. The van der Waals surface area contributed by atoms with Gasteiger partial charge in [0.05, 0.1) is 11.3 Å². The molecule has 0 fully saturated rings. The molecule has 0 atom stereocenters. The number of phenols is 1. The monoisotopic (exact) mass is 415 g/mol. The average Bonchev–Trinajstić information content (AvgIpc) is 3.12. The lowest BCUT2D eigenvalue weighted by Crippen LogP contribution is -2.30. The molecule has 5 nitrogen and oxygen atoms in total. The number of hydrogen-bond donors (Lipinski definition) is 3. The number of aromatic hydroxyl groups is 1. The number of carbonyl (C=O) groups is 1. The molecule has 1 aromatic heterocycles. The molecule has 0 spiro atoms. The summed E-state index contributed by atoms with van der Waals surface area (Å²) in [5, 5.41) is 10.8. The summed E-state index contributed by atoms with van der Waals surface area (Å²) in [4.78, 5) is 13.1. The molecule has 0 unspecified atom stereocenters. The topological polar surface area (TPSA) is 66.3 Å². The second-order valence-corrected chi connectivity index (χ2v) is 6.89. The van der Waals surface area contributed by atoms with Crippen molar-refractivity contribution in [3.8, 4) is 5.75 Å².